The largest absolute Gasteiger partial charge is 0.385 e. The maximum atomic E-state index is 5.53. The van der Waals surface area contributed by atoms with Gasteiger partial charge >= 0.3 is 0 Å². The Bertz CT molecular complexity index is 254. The van der Waals surface area contributed by atoms with E-state index in [4.69, 9.17) is 5.73 Å². The summed E-state index contributed by atoms with van der Waals surface area (Å²) in [5.74, 6) is 0. The van der Waals surface area contributed by atoms with Crippen LogP contribution in [0.5, 0.6) is 0 Å². The molecule has 3 N–H and O–H groups in total. The molecule has 0 atom stereocenters. The summed E-state index contributed by atoms with van der Waals surface area (Å²) in [4.78, 5) is 0. The molecule has 0 amide bonds. The predicted molar refractivity (Wildman–Crippen MR) is 67.0 cm³/mol. The molecular weight excluding hydrogens is 184 g/mol. The average molecular weight is 206 g/mol. The van der Waals surface area contributed by atoms with E-state index in [1.54, 1.807) is 0 Å². The highest BCUT2D eigenvalue weighted by Gasteiger charge is 1.92. The van der Waals surface area contributed by atoms with Crippen molar-refractivity contribution in [1.82, 2.24) is 0 Å². The quantitative estimate of drug-likeness (QED) is 0.673. The van der Waals surface area contributed by atoms with Crippen LogP contribution in [0.1, 0.15) is 38.2 Å². The zero-order valence-corrected chi connectivity index (χ0v) is 9.63. The van der Waals surface area contributed by atoms with Crippen LogP contribution < -0.4 is 11.1 Å². The van der Waals surface area contributed by atoms with E-state index in [0.717, 1.165) is 6.54 Å². The molecule has 0 aliphatic heterocycles. The summed E-state index contributed by atoms with van der Waals surface area (Å²) in [7, 11) is 0. The molecule has 0 saturated heterocycles. The molecule has 0 aliphatic carbocycles. The van der Waals surface area contributed by atoms with Gasteiger partial charge in [0.2, 0.25) is 0 Å². The van der Waals surface area contributed by atoms with Crippen LogP contribution in [0.3, 0.4) is 0 Å². The van der Waals surface area contributed by atoms with Crippen molar-refractivity contribution in [3.8, 4) is 0 Å². The van der Waals surface area contributed by atoms with Crippen molar-refractivity contribution in [2.24, 2.45) is 5.73 Å². The van der Waals surface area contributed by atoms with Crippen LogP contribution in [0.4, 0.5) is 5.69 Å². The van der Waals surface area contributed by atoms with Crippen molar-refractivity contribution in [1.29, 1.82) is 0 Å². The SMILES string of the molecule is CCCCCCNc1ccc(CN)cc1. The van der Waals surface area contributed by atoms with Crippen molar-refractivity contribution in [3.05, 3.63) is 29.8 Å². The van der Waals surface area contributed by atoms with Gasteiger partial charge in [0.05, 0.1) is 0 Å². The van der Waals surface area contributed by atoms with Gasteiger partial charge in [0.15, 0.2) is 0 Å². The molecule has 2 heteroatoms. The summed E-state index contributed by atoms with van der Waals surface area (Å²) < 4.78 is 0. The first kappa shape index (κ1) is 12.1. The van der Waals surface area contributed by atoms with Gasteiger partial charge in [-0.15, -0.1) is 0 Å². The van der Waals surface area contributed by atoms with E-state index in [0.29, 0.717) is 6.54 Å². The summed E-state index contributed by atoms with van der Waals surface area (Å²) in [6.45, 7) is 3.93. The van der Waals surface area contributed by atoms with Gasteiger partial charge in [0.1, 0.15) is 0 Å². The molecule has 0 heterocycles. The number of hydrogen-bond acceptors (Lipinski definition) is 2. The summed E-state index contributed by atoms with van der Waals surface area (Å²) in [6.07, 6.45) is 5.22. The summed E-state index contributed by atoms with van der Waals surface area (Å²) in [5.41, 5.74) is 7.92. The Labute approximate surface area is 92.9 Å². The first-order chi connectivity index (χ1) is 7.36. The minimum Gasteiger partial charge on any atom is -0.385 e. The molecule has 0 unspecified atom stereocenters. The fourth-order valence-corrected chi connectivity index (χ4v) is 1.54. The molecule has 84 valence electrons. The zero-order valence-electron chi connectivity index (χ0n) is 9.63. The van der Waals surface area contributed by atoms with Gasteiger partial charge < -0.3 is 11.1 Å². The standard InChI is InChI=1S/C13H22N2/c1-2-3-4-5-10-15-13-8-6-12(11-14)7-9-13/h6-9,15H,2-5,10-11,14H2,1H3. The van der Waals surface area contributed by atoms with E-state index in [-0.39, 0.29) is 0 Å². The Morgan fingerprint density at radius 2 is 1.80 bits per heavy atom. The van der Waals surface area contributed by atoms with Crippen LogP contribution in [0, 0.1) is 0 Å². The Hall–Kier alpha value is -1.02. The number of nitrogens with two attached hydrogens (primary N) is 1. The Balaban J connectivity index is 2.20. The van der Waals surface area contributed by atoms with Gasteiger partial charge in [-0.25, -0.2) is 0 Å². The fourth-order valence-electron chi connectivity index (χ4n) is 1.54. The number of hydrogen-bond donors (Lipinski definition) is 2. The molecule has 0 saturated carbocycles. The molecule has 15 heavy (non-hydrogen) atoms. The van der Waals surface area contributed by atoms with E-state index in [2.05, 4.69) is 36.5 Å². The smallest absolute Gasteiger partial charge is 0.0340 e. The van der Waals surface area contributed by atoms with E-state index in [1.165, 1.54) is 36.9 Å². The third-order valence-electron chi connectivity index (χ3n) is 2.55. The van der Waals surface area contributed by atoms with Crippen molar-refractivity contribution in [2.75, 3.05) is 11.9 Å². The number of anilines is 1. The molecule has 0 bridgehead atoms. The maximum Gasteiger partial charge on any atom is 0.0340 e. The molecule has 0 aliphatic rings. The highest BCUT2D eigenvalue weighted by molar-refractivity contribution is 5.44. The van der Waals surface area contributed by atoms with Crippen LogP contribution in [-0.2, 0) is 6.54 Å². The monoisotopic (exact) mass is 206 g/mol. The lowest BCUT2D eigenvalue weighted by molar-refractivity contribution is 0.685. The molecule has 1 aromatic rings. The Morgan fingerprint density at radius 3 is 2.40 bits per heavy atom. The lowest BCUT2D eigenvalue weighted by Gasteiger charge is -2.06. The van der Waals surface area contributed by atoms with Crippen molar-refractivity contribution < 1.29 is 0 Å². The molecule has 1 aromatic carbocycles. The molecule has 2 nitrogen and oxygen atoms in total. The lowest BCUT2D eigenvalue weighted by Crippen LogP contribution is -2.02. The second-order valence-electron chi connectivity index (χ2n) is 3.89. The molecule has 0 spiro atoms. The molecule has 0 aromatic heterocycles. The van der Waals surface area contributed by atoms with Crippen LogP contribution in [0.15, 0.2) is 24.3 Å². The normalized spacial score (nSPS) is 10.3. The molecule has 0 radical (unpaired) electrons. The Morgan fingerprint density at radius 1 is 1.07 bits per heavy atom. The highest BCUT2D eigenvalue weighted by Crippen LogP contribution is 2.09. The number of rotatable bonds is 7. The highest BCUT2D eigenvalue weighted by atomic mass is 14.9. The minimum absolute atomic E-state index is 0.622. The summed E-state index contributed by atoms with van der Waals surface area (Å²) >= 11 is 0. The molecule has 0 fully saturated rings. The number of unbranched alkanes of at least 4 members (excludes halogenated alkanes) is 3. The second kappa shape index (κ2) is 7.30. The first-order valence-electron chi connectivity index (χ1n) is 5.89. The summed E-state index contributed by atoms with van der Waals surface area (Å²) in [6, 6.07) is 8.35. The topological polar surface area (TPSA) is 38.0 Å². The van der Waals surface area contributed by atoms with Crippen LogP contribution >= 0.6 is 0 Å². The molecule has 1 rings (SSSR count). The lowest BCUT2D eigenvalue weighted by atomic mass is 10.2. The zero-order chi connectivity index (χ0) is 10.9. The van der Waals surface area contributed by atoms with Gasteiger partial charge in [0.25, 0.3) is 0 Å². The van der Waals surface area contributed by atoms with Gasteiger partial charge in [-0.05, 0) is 24.1 Å². The first-order valence-corrected chi connectivity index (χ1v) is 5.89. The average Bonchev–Trinajstić information content (AvgIpc) is 2.30. The van der Waals surface area contributed by atoms with Crippen molar-refractivity contribution in [2.45, 2.75) is 39.2 Å². The Kier molecular flexibility index (Phi) is 5.86. The number of nitrogens with one attached hydrogen (secondary N) is 1. The van der Waals surface area contributed by atoms with E-state index < -0.39 is 0 Å². The predicted octanol–water partition coefficient (Wildman–Crippen LogP) is 3.14. The third-order valence-corrected chi connectivity index (χ3v) is 2.55. The minimum atomic E-state index is 0.622. The maximum absolute atomic E-state index is 5.53. The fraction of sp³-hybridized carbons (Fsp3) is 0.538. The van der Waals surface area contributed by atoms with Gasteiger partial charge in [0, 0.05) is 18.8 Å². The summed E-state index contributed by atoms with van der Waals surface area (Å²) in [5, 5.41) is 3.41. The van der Waals surface area contributed by atoms with E-state index in [9.17, 15) is 0 Å². The van der Waals surface area contributed by atoms with Crippen molar-refractivity contribution >= 4 is 5.69 Å². The van der Waals surface area contributed by atoms with Crippen molar-refractivity contribution in [3.63, 3.8) is 0 Å². The second-order valence-corrected chi connectivity index (χ2v) is 3.89. The number of benzene rings is 1. The van der Waals surface area contributed by atoms with Crippen LogP contribution in [-0.4, -0.2) is 6.54 Å². The van der Waals surface area contributed by atoms with Crippen LogP contribution in [0.25, 0.3) is 0 Å². The van der Waals surface area contributed by atoms with E-state index in [1.807, 2.05) is 0 Å². The van der Waals surface area contributed by atoms with Crippen LogP contribution in [0.2, 0.25) is 0 Å². The van der Waals surface area contributed by atoms with Gasteiger partial charge in [-0.2, -0.15) is 0 Å². The molecular formula is C13H22N2. The third kappa shape index (κ3) is 4.84. The van der Waals surface area contributed by atoms with Gasteiger partial charge in [-0.3, -0.25) is 0 Å². The van der Waals surface area contributed by atoms with Gasteiger partial charge in [-0.1, -0.05) is 38.3 Å². The van der Waals surface area contributed by atoms with E-state index >= 15 is 0 Å².